The molecule has 0 saturated heterocycles. The summed E-state index contributed by atoms with van der Waals surface area (Å²) in [5, 5.41) is 19.7. The van der Waals surface area contributed by atoms with Gasteiger partial charge in [0, 0.05) is 6.07 Å². The van der Waals surface area contributed by atoms with E-state index in [-0.39, 0.29) is 12.4 Å². The second-order valence-electron chi connectivity index (χ2n) is 3.89. The van der Waals surface area contributed by atoms with Gasteiger partial charge in [-0.15, -0.1) is 5.10 Å². The van der Waals surface area contributed by atoms with E-state index >= 15 is 0 Å². The second-order valence-corrected chi connectivity index (χ2v) is 3.89. The van der Waals surface area contributed by atoms with Crippen LogP contribution in [0, 0.1) is 5.82 Å². The first-order chi connectivity index (χ1) is 9.22. The van der Waals surface area contributed by atoms with Gasteiger partial charge in [0.05, 0.1) is 38.7 Å². The number of benzene rings is 1. The Kier molecular flexibility index (Phi) is 4.30. The molecule has 0 bridgehead atoms. The zero-order valence-electron chi connectivity index (χ0n) is 10.5. The van der Waals surface area contributed by atoms with Crippen molar-refractivity contribution in [3.63, 3.8) is 0 Å². The van der Waals surface area contributed by atoms with Crippen molar-refractivity contribution in [2.75, 3.05) is 19.0 Å². The zero-order chi connectivity index (χ0) is 13.7. The van der Waals surface area contributed by atoms with Gasteiger partial charge in [-0.2, -0.15) is 0 Å². The van der Waals surface area contributed by atoms with Crippen LogP contribution in [0.5, 0.6) is 5.75 Å². The largest absolute Gasteiger partial charge is 0.494 e. The summed E-state index contributed by atoms with van der Waals surface area (Å²) in [5.41, 5.74) is 1.40. The smallest absolute Gasteiger partial charge is 0.144 e. The maximum Gasteiger partial charge on any atom is 0.144 e. The molecule has 1 heterocycles. The molecule has 6 nitrogen and oxygen atoms in total. The van der Waals surface area contributed by atoms with Crippen LogP contribution in [-0.4, -0.2) is 33.8 Å². The van der Waals surface area contributed by atoms with Crippen LogP contribution in [0.4, 0.5) is 10.1 Å². The quantitative estimate of drug-likeness (QED) is 0.817. The third-order valence-corrected chi connectivity index (χ3v) is 2.54. The number of aromatic nitrogens is 3. The van der Waals surface area contributed by atoms with E-state index in [4.69, 9.17) is 9.84 Å². The molecule has 0 spiro atoms. The maximum atomic E-state index is 13.0. The minimum absolute atomic E-state index is 0.0159. The lowest BCUT2D eigenvalue weighted by Gasteiger charge is -2.09. The predicted octanol–water partition coefficient (Wildman–Crippen LogP) is 1.03. The fourth-order valence-electron chi connectivity index (χ4n) is 1.63. The Bertz CT molecular complexity index is 544. The summed E-state index contributed by atoms with van der Waals surface area (Å²) < 4.78 is 19.7. The van der Waals surface area contributed by atoms with Crippen LogP contribution in [0.3, 0.4) is 0 Å². The maximum absolute atomic E-state index is 13.0. The van der Waals surface area contributed by atoms with Gasteiger partial charge in [0.2, 0.25) is 0 Å². The monoisotopic (exact) mass is 266 g/mol. The van der Waals surface area contributed by atoms with Crippen LogP contribution < -0.4 is 10.1 Å². The Morgan fingerprint density at radius 2 is 2.32 bits per heavy atom. The Balaban J connectivity index is 2.01. The molecule has 2 rings (SSSR count). The van der Waals surface area contributed by atoms with E-state index in [0.717, 1.165) is 5.69 Å². The van der Waals surface area contributed by atoms with Gasteiger partial charge in [-0.25, -0.2) is 9.07 Å². The molecule has 2 N–H and O–H groups in total. The van der Waals surface area contributed by atoms with Gasteiger partial charge >= 0.3 is 0 Å². The van der Waals surface area contributed by atoms with Gasteiger partial charge in [0.1, 0.15) is 17.3 Å². The van der Waals surface area contributed by atoms with Crippen LogP contribution in [0.25, 0.3) is 0 Å². The van der Waals surface area contributed by atoms with E-state index in [1.54, 1.807) is 16.9 Å². The lowest BCUT2D eigenvalue weighted by atomic mass is 10.2. The van der Waals surface area contributed by atoms with Gasteiger partial charge < -0.3 is 15.2 Å². The fraction of sp³-hybridized carbons (Fsp3) is 0.333. The first kappa shape index (κ1) is 13.3. The van der Waals surface area contributed by atoms with Crippen molar-refractivity contribution < 1.29 is 14.2 Å². The van der Waals surface area contributed by atoms with Gasteiger partial charge in [0.15, 0.2) is 0 Å². The van der Waals surface area contributed by atoms with E-state index in [1.807, 2.05) is 0 Å². The van der Waals surface area contributed by atoms with Crippen LogP contribution in [0.15, 0.2) is 24.4 Å². The highest BCUT2D eigenvalue weighted by Crippen LogP contribution is 2.25. The first-order valence-corrected chi connectivity index (χ1v) is 5.80. The van der Waals surface area contributed by atoms with Crippen LogP contribution >= 0.6 is 0 Å². The number of aliphatic hydroxyl groups is 1. The number of rotatable bonds is 6. The van der Waals surface area contributed by atoms with E-state index < -0.39 is 0 Å². The number of nitrogens with zero attached hydrogens (tertiary/aromatic N) is 3. The number of nitrogens with one attached hydrogen (secondary N) is 1. The lowest BCUT2D eigenvalue weighted by molar-refractivity contribution is 0.268. The Morgan fingerprint density at radius 1 is 1.47 bits per heavy atom. The summed E-state index contributed by atoms with van der Waals surface area (Å²) in [6, 6.07) is 4.27. The van der Waals surface area contributed by atoms with Crippen molar-refractivity contribution in [2.45, 2.75) is 13.1 Å². The van der Waals surface area contributed by atoms with Crippen molar-refractivity contribution in [2.24, 2.45) is 0 Å². The Hall–Kier alpha value is -2.15. The molecule has 7 heteroatoms. The van der Waals surface area contributed by atoms with Crippen molar-refractivity contribution in [1.29, 1.82) is 0 Å². The molecule has 0 aliphatic rings. The molecule has 0 aliphatic carbocycles. The minimum atomic E-state index is -0.351. The molecular formula is C12H15FN4O2. The molecule has 2 aromatic rings. The van der Waals surface area contributed by atoms with E-state index in [9.17, 15) is 4.39 Å². The van der Waals surface area contributed by atoms with Crippen molar-refractivity contribution in [1.82, 2.24) is 15.0 Å². The molecule has 0 atom stereocenters. The average molecular weight is 266 g/mol. The van der Waals surface area contributed by atoms with Crippen LogP contribution in [-0.2, 0) is 13.1 Å². The number of halogens is 1. The molecule has 0 aliphatic heterocycles. The number of ether oxygens (including phenoxy) is 1. The lowest BCUT2D eigenvalue weighted by Crippen LogP contribution is -2.03. The third kappa shape index (κ3) is 3.41. The predicted molar refractivity (Wildman–Crippen MR) is 67.4 cm³/mol. The average Bonchev–Trinajstić information content (AvgIpc) is 2.85. The molecule has 0 saturated carbocycles. The topological polar surface area (TPSA) is 72.2 Å². The van der Waals surface area contributed by atoms with Crippen LogP contribution in [0.2, 0.25) is 0 Å². The summed E-state index contributed by atoms with van der Waals surface area (Å²) in [6.07, 6.45) is 1.74. The van der Waals surface area contributed by atoms with E-state index in [1.165, 1.54) is 19.2 Å². The molecule has 0 fully saturated rings. The van der Waals surface area contributed by atoms with E-state index in [0.29, 0.717) is 24.5 Å². The molecule has 19 heavy (non-hydrogen) atoms. The zero-order valence-corrected chi connectivity index (χ0v) is 10.5. The third-order valence-electron chi connectivity index (χ3n) is 2.54. The standard InChI is InChI=1S/C12H15FN4O2/c1-19-12-6-9(13)2-3-11(12)14-7-10-8-17(4-5-18)16-15-10/h2-3,6,8,14,18H,4-5,7H2,1H3. The summed E-state index contributed by atoms with van der Waals surface area (Å²) in [6.45, 7) is 0.863. The summed E-state index contributed by atoms with van der Waals surface area (Å²) >= 11 is 0. The highest BCUT2D eigenvalue weighted by Gasteiger charge is 2.06. The van der Waals surface area contributed by atoms with E-state index in [2.05, 4.69) is 15.6 Å². The summed E-state index contributed by atoms with van der Waals surface area (Å²) in [5.74, 6) is 0.0824. The number of hydrogen-bond acceptors (Lipinski definition) is 5. The Morgan fingerprint density at radius 3 is 3.05 bits per heavy atom. The van der Waals surface area contributed by atoms with Gasteiger partial charge in [-0.05, 0) is 12.1 Å². The number of aliphatic hydroxyl groups excluding tert-OH is 1. The van der Waals surface area contributed by atoms with Gasteiger partial charge in [0.25, 0.3) is 0 Å². The minimum Gasteiger partial charge on any atom is -0.494 e. The number of anilines is 1. The molecule has 0 amide bonds. The number of methoxy groups -OCH3 is 1. The SMILES string of the molecule is COc1cc(F)ccc1NCc1cn(CCO)nn1. The molecule has 102 valence electrons. The fourth-order valence-corrected chi connectivity index (χ4v) is 1.63. The molecule has 1 aromatic heterocycles. The highest BCUT2D eigenvalue weighted by atomic mass is 19.1. The normalized spacial score (nSPS) is 10.5. The number of hydrogen-bond donors (Lipinski definition) is 2. The second kappa shape index (κ2) is 6.14. The van der Waals surface area contributed by atoms with Crippen molar-refractivity contribution in [3.05, 3.63) is 35.9 Å². The first-order valence-electron chi connectivity index (χ1n) is 5.80. The Labute approximate surface area is 109 Å². The molecule has 0 unspecified atom stereocenters. The van der Waals surface area contributed by atoms with Gasteiger partial charge in [-0.3, -0.25) is 0 Å². The van der Waals surface area contributed by atoms with Crippen LogP contribution in [0.1, 0.15) is 5.69 Å². The highest BCUT2D eigenvalue weighted by molar-refractivity contribution is 5.56. The van der Waals surface area contributed by atoms with Gasteiger partial charge in [-0.1, -0.05) is 5.21 Å². The van der Waals surface area contributed by atoms with Crippen molar-refractivity contribution in [3.8, 4) is 5.75 Å². The summed E-state index contributed by atoms with van der Waals surface area (Å²) in [4.78, 5) is 0. The molecule has 1 aromatic carbocycles. The molecular weight excluding hydrogens is 251 g/mol. The van der Waals surface area contributed by atoms with Crippen molar-refractivity contribution >= 4 is 5.69 Å². The summed E-state index contributed by atoms with van der Waals surface area (Å²) in [7, 11) is 1.48. The molecule has 0 radical (unpaired) electrons.